The van der Waals surface area contributed by atoms with Gasteiger partial charge in [0.15, 0.2) is 0 Å². The van der Waals surface area contributed by atoms with Crippen LogP contribution >= 0.6 is 23.1 Å². The molecule has 2 aromatic carbocycles. The normalized spacial score (nSPS) is 12.9. The molecule has 0 aliphatic carbocycles. The molecule has 1 aromatic heterocycles. The summed E-state index contributed by atoms with van der Waals surface area (Å²) in [6, 6.07) is 12.4. The molecule has 3 aromatic rings. The first-order valence-electron chi connectivity index (χ1n) is 8.66. The van der Waals surface area contributed by atoms with Crippen LogP contribution in [0.15, 0.2) is 48.5 Å². The Labute approximate surface area is 169 Å². The Balaban J connectivity index is 1.74. The number of rotatable bonds is 7. The Kier molecular flexibility index (Phi) is 6.61. The molecular weight excluding hydrogens is 405 g/mol. The van der Waals surface area contributed by atoms with E-state index in [4.69, 9.17) is 0 Å². The Morgan fingerprint density at radius 3 is 2.71 bits per heavy atom. The summed E-state index contributed by atoms with van der Waals surface area (Å²) in [4.78, 5) is 17.1. The smallest absolute Gasteiger partial charge is 0.347 e. The number of thioether (sulfide) groups is 1. The number of carbonyl (C=O) groups is 1. The topological polar surface area (TPSA) is 42.0 Å². The standard InChI is InChI=1S/C20H19F3N2OS2/c1-27-10-9-16(19-25-15-7-2-3-8-17(15)28-19)24-18(26)12-13-5-4-6-14(11-13)20(21,22)23/h2-8,11,16H,9-10,12H2,1H3,(H,24,26)/t16-/m1/s1. The Bertz CT molecular complexity index is 923. The van der Waals surface area contributed by atoms with Gasteiger partial charge in [0.1, 0.15) is 5.01 Å². The average molecular weight is 425 g/mol. The molecule has 1 heterocycles. The molecule has 0 aliphatic rings. The lowest BCUT2D eigenvalue weighted by Crippen LogP contribution is -2.30. The third kappa shape index (κ3) is 5.26. The number of carbonyl (C=O) groups excluding carboxylic acids is 1. The molecule has 0 saturated carbocycles. The number of nitrogens with zero attached hydrogens (tertiary/aromatic N) is 1. The van der Waals surface area contributed by atoms with Gasteiger partial charge in [0, 0.05) is 0 Å². The Morgan fingerprint density at radius 1 is 1.21 bits per heavy atom. The zero-order valence-corrected chi connectivity index (χ0v) is 16.8. The van der Waals surface area contributed by atoms with Gasteiger partial charge >= 0.3 is 6.18 Å². The van der Waals surface area contributed by atoms with Crippen LogP contribution < -0.4 is 5.32 Å². The van der Waals surface area contributed by atoms with Crippen molar-refractivity contribution in [1.82, 2.24) is 10.3 Å². The molecule has 0 spiro atoms. The van der Waals surface area contributed by atoms with Crippen molar-refractivity contribution < 1.29 is 18.0 Å². The summed E-state index contributed by atoms with van der Waals surface area (Å²) >= 11 is 3.19. The van der Waals surface area contributed by atoms with Gasteiger partial charge in [-0.1, -0.05) is 30.3 Å². The molecule has 3 rings (SSSR count). The summed E-state index contributed by atoms with van der Waals surface area (Å²) in [5.74, 6) is 0.523. The van der Waals surface area contributed by atoms with Crippen LogP contribution in [0.3, 0.4) is 0 Å². The van der Waals surface area contributed by atoms with Crippen molar-refractivity contribution in [3.8, 4) is 0 Å². The number of thiazole rings is 1. The van der Waals surface area contributed by atoms with E-state index in [2.05, 4.69) is 10.3 Å². The van der Waals surface area contributed by atoms with Crippen LogP contribution in [0.2, 0.25) is 0 Å². The van der Waals surface area contributed by atoms with E-state index in [0.29, 0.717) is 12.0 Å². The minimum atomic E-state index is -4.42. The summed E-state index contributed by atoms with van der Waals surface area (Å²) < 4.78 is 39.6. The van der Waals surface area contributed by atoms with Crippen molar-refractivity contribution in [3.05, 3.63) is 64.7 Å². The predicted octanol–water partition coefficient (Wildman–Crippen LogP) is 5.47. The van der Waals surface area contributed by atoms with E-state index >= 15 is 0 Å². The number of alkyl halides is 3. The molecule has 1 N–H and O–H groups in total. The van der Waals surface area contributed by atoms with E-state index in [9.17, 15) is 18.0 Å². The molecule has 0 radical (unpaired) electrons. The molecule has 148 valence electrons. The molecule has 1 amide bonds. The summed E-state index contributed by atoms with van der Waals surface area (Å²) in [6.45, 7) is 0. The van der Waals surface area contributed by atoms with Crippen molar-refractivity contribution in [3.63, 3.8) is 0 Å². The molecule has 0 bridgehead atoms. The molecular formula is C20H19F3N2OS2. The number of nitrogens with one attached hydrogen (secondary N) is 1. The molecule has 0 aliphatic heterocycles. The molecule has 0 fully saturated rings. The second kappa shape index (κ2) is 8.96. The predicted molar refractivity (Wildman–Crippen MR) is 109 cm³/mol. The van der Waals surface area contributed by atoms with Crippen LogP contribution in [0, 0.1) is 0 Å². The van der Waals surface area contributed by atoms with Crippen LogP contribution in [0.4, 0.5) is 13.2 Å². The number of halogens is 3. The highest BCUT2D eigenvalue weighted by Gasteiger charge is 2.30. The number of amides is 1. The molecule has 1 atom stereocenters. The maximum atomic E-state index is 12.9. The minimum absolute atomic E-state index is 0.107. The molecule has 0 saturated heterocycles. The van der Waals surface area contributed by atoms with Gasteiger partial charge in [-0.05, 0) is 42.2 Å². The summed E-state index contributed by atoms with van der Waals surface area (Å²) in [7, 11) is 0. The minimum Gasteiger partial charge on any atom is -0.347 e. The fraction of sp³-hybridized carbons (Fsp3) is 0.300. The highest BCUT2D eigenvalue weighted by molar-refractivity contribution is 7.98. The lowest BCUT2D eigenvalue weighted by Gasteiger charge is -2.16. The maximum absolute atomic E-state index is 12.9. The third-order valence-corrected chi connectivity index (χ3v) is 5.97. The lowest BCUT2D eigenvalue weighted by molar-refractivity contribution is -0.137. The van der Waals surface area contributed by atoms with Gasteiger partial charge < -0.3 is 5.32 Å². The summed E-state index contributed by atoms with van der Waals surface area (Å²) in [6.07, 6.45) is -1.84. The number of benzene rings is 2. The second-order valence-electron chi connectivity index (χ2n) is 6.30. The van der Waals surface area contributed by atoms with E-state index in [-0.39, 0.29) is 18.4 Å². The van der Waals surface area contributed by atoms with Crippen molar-refractivity contribution in [2.24, 2.45) is 0 Å². The van der Waals surface area contributed by atoms with Gasteiger partial charge in [-0.15, -0.1) is 11.3 Å². The largest absolute Gasteiger partial charge is 0.416 e. The maximum Gasteiger partial charge on any atom is 0.416 e. The van der Waals surface area contributed by atoms with Crippen LogP contribution in [-0.4, -0.2) is 22.9 Å². The number of aromatic nitrogens is 1. The number of para-hydroxylation sites is 1. The molecule has 0 unspecified atom stereocenters. The first-order chi connectivity index (χ1) is 13.4. The van der Waals surface area contributed by atoms with E-state index in [1.165, 1.54) is 23.5 Å². The van der Waals surface area contributed by atoms with Gasteiger partial charge in [0.25, 0.3) is 0 Å². The number of fused-ring (bicyclic) bond motifs is 1. The van der Waals surface area contributed by atoms with Crippen molar-refractivity contribution >= 4 is 39.2 Å². The van der Waals surface area contributed by atoms with Gasteiger partial charge in [-0.25, -0.2) is 4.98 Å². The molecule has 8 heteroatoms. The van der Waals surface area contributed by atoms with Gasteiger partial charge in [-0.3, -0.25) is 4.79 Å². The van der Waals surface area contributed by atoms with Crippen LogP contribution in [0.25, 0.3) is 10.2 Å². The fourth-order valence-corrected chi connectivity index (χ4v) is 4.35. The van der Waals surface area contributed by atoms with Crippen molar-refractivity contribution in [1.29, 1.82) is 0 Å². The van der Waals surface area contributed by atoms with Gasteiger partial charge in [0.05, 0.1) is 28.2 Å². The second-order valence-corrected chi connectivity index (χ2v) is 8.34. The highest BCUT2D eigenvalue weighted by atomic mass is 32.2. The summed E-state index contributed by atoms with van der Waals surface area (Å²) in [5, 5.41) is 3.76. The van der Waals surface area contributed by atoms with E-state index in [1.54, 1.807) is 11.8 Å². The van der Waals surface area contributed by atoms with Crippen molar-refractivity contribution in [2.45, 2.75) is 25.1 Å². The van der Waals surface area contributed by atoms with Crippen molar-refractivity contribution in [2.75, 3.05) is 12.0 Å². The number of hydrogen-bond donors (Lipinski definition) is 1. The zero-order valence-electron chi connectivity index (χ0n) is 15.1. The molecule has 28 heavy (non-hydrogen) atoms. The number of hydrogen-bond acceptors (Lipinski definition) is 4. The average Bonchev–Trinajstić information content (AvgIpc) is 3.08. The SMILES string of the molecule is CSCC[C@@H](NC(=O)Cc1cccc(C(F)(F)F)c1)c1nc2ccccc2s1. The van der Waals surface area contributed by atoms with Gasteiger partial charge in [0.2, 0.25) is 5.91 Å². The van der Waals surface area contributed by atoms with Gasteiger partial charge in [-0.2, -0.15) is 24.9 Å². The highest BCUT2D eigenvalue weighted by Crippen LogP contribution is 2.30. The van der Waals surface area contributed by atoms with E-state index < -0.39 is 11.7 Å². The fourth-order valence-electron chi connectivity index (χ4n) is 2.82. The van der Waals surface area contributed by atoms with E-state index in [0.717, 1.165) is 33.1 Å². The zero-order chi connectivity index (χ0) is 20.1. The first-order valence-corrected chi connectivity index (χ1v) is 10.9. The first kappa shape index (κ1) is 20.7. The summed E-state index contributed by atoms with van der Waals surface area (Å²) in [5.41, 5.74) is 0.465. The Morgan fingerprint density at radius 2 is 2.00 bits per heavy atom. The van der Waals surface area contributed by atoms with Crippen LogP contribution in [0.1, 0.15) is 28.6 Å². The van der Waals surface area contributed by atoms with Crippen LogP contribution in [-0.2, 0) is 17.4 Å². The lowest BCUT2D eigenvalue weighted by atomic mass is 10.1. The van der Waals surface area contributed by atoms with Crippen LogP contribution in [0.5, 0.6) is 0 Å². The quantitative estimate of drug-likeness (QED) is 0.547. The third-order valence-electron chi connectivity index (χ3n) is 4.17. The van der Waals surface area contributed by atoms with E-state index in [1.807, 2.05) is 30.5 Å². The monoisotopic (exact) mass is 424 g/mol. The Hall–Kier alpha value is -2.06. The molecule has 3 nitrogen and oxygen atoms in total.